The van der Waals surface area contributed by atoms with Gasteiger partial charge in [0.25, 0.3) is 0 Å². The molecule has 6 nitrogen and oxygen atoms in total. The van der Waals surface area contributed by atoms with Crippen molar-refractivity contribution >= 4 is 18.2 Å². The van der Waals surface area contributed by atoms with Gasteiger partial charge in [-0.2, -0.15) is 0 Å². The van der Waals surface area contributed by atoms with Gasteiger partial charge in [-0.05, 0) is 6.92 Å². The first kappa shape index (κ1) is 8.51. The molecular formula is C6H11N5O. The molecule has 0 fully saturated rings. The van der Waals surface area contributed by atoms with Crippen LogP contribution in [0.3, 0.4) is 0 Å². The largest absolute Gasteiger partial charge is 0.357 e. The molecule has 4 N–H and O–H groups in total. The number of hydrogen-bond acceptors (Lipinski definition) is 4. The fraction of sp³-hybridized carbons (Fsp3) is 0.500. The van der Waals surface area contributed by atoms with E-state index >= 15 is 0 Å². The zero-order valence-electron chi connectivity index (χ0n) is 6.72. The number of nitrogens with zero attached hydrogens (tertiary/aromatic N) is 1. The first-order chi connectivity index (χ1) is 5.68. The van der Waals surface area contributed by atoms with Crippen molar-refractivity contribution in [1.82, 2.24) is 16.0 Å². The lowest BCUT2D eigenvalue weighted by Crippen LogP contribution is -2.48. The molecule has 66 valence electrons. The number of carbonyl (C=O) groups is 1. The third kappa shape index (κ3) is 2.57. The predicted octanol–water partition coefficient (Wildman–Crippen LogP) is -1.40. The summed E-state index contributed by atoms with van der Waals surface area (Å²) < 4.78 is 0. The van der Waals surface area contributed by atoms with Crippen molar-refractivity contribution in [1.29, 1.82) is 5.41 Å². The predicted molar refractivity (Wildman–Crippen MR) is 45.0 cm³/mol. The summed E-state index contributed by atoms with van der Waals surface area (Å²) in [7, 11) is 0. The van der Waals surface area contributed by atoms with Gasteiger partial charge in [-0.25, -0.2) is 0 Å². The van der Waals surface area contributed by atoms with E-state index in [2.05, 4.69) is 20.9 Å². The zero-order chi connectivity index (χ0) is 8.97. The first-order valence-corrected chi connectivity index (χ1v) is 3.58. The van der Waals surface area contributed by atoms with E-state index < -0.39 is 0 Å². The Balaban J connectivity index is 2.58. The number of aliphatic imine (C=N–C) groups is 1. The molecule has 6 heteroatoms. The molecule has 1 heterocycles. The number of carbonyl (C=O) groups excluding carboxylic acids is 1. The van der Waals surface area contributed by atoms with Crippen LogP contribution in [0.4, 0.5) is 0 Å². The third-order valence-electron chi connectivity index (χ3n) is 1.28. The molecule has 1 aliphatic rings. The molecule has 0 aromatic rings. The quantitative estimate of drug-likeness (QED) is 0.359. The van der Waals surface area contributed by atoms with E-state index in [4.69, 9.17) is 5.41 Å². The van der Waals surface area contributed by atoms with E-state index in [0.29, 0.717) is 0 Å². The number of guanidine groups is 1. The lowest BCUT2D eigenvalue weighted by atomic mass is 10.5. The maximum absolute atomic E-state index is 10.9. The molecule has 0 radical (unpaired) electrons. The highest BCUT2D eigenvalue weighted by atomic mass is 16.2. The van der Waals surface area contributed by atoms with Gasteiger partial charge in [-0.3, -0.25) is 20.5 Å². The number of amides is 1. The highest BCUT2D eigenvalue weighted by Gasteiger charge is 2.07. The van der Waals surface area contributed by atoms with E-state index in [9.17, 15) is 4.79 Å². The molecular weight excluding hydrogens is 158 g/mol. The average molecular weight is 169 g/mol. The van der Waals surface area contributed by atoms with Gasteiger partial charge in [0.2, 0.25) is 5.91 Å². The summed E-state index contributed by atoms with van der Waals surface area (Å²) in [5.74, 6) is -0.301. The van der Waals surface area contributed by atoms with Crippen molar-refractivity contribution in [2.24, 2.45) is 4.99 Å². The summed E-state index contributed by atoms with van der Waals surface area (Å²) in [5, 5.41) is 15.1. The van der Waals surface area contributed by atoms with Crippen LogP contribution in [-0.2, 0) is 4.79 Å². The Bertz CT molecular complexity index is 224. The SMILES string of the molecule is CC1NC=NCC(=O)NC(=N)N1. The van der Waals surface area contributed by atoms with Gasteiger partial charge in [0.15, 0.2) is 5.96 Å². The van der Waals surface area contributed by atoms with Gasteiger partial charge in [0, 0.05) is 0 Å². The van der Waals surface area contributed by atoms with Crippen molar-refractivity contribution in [2.75, 3.05) is 6.54 Å². The summed E-state index contributed by atoms with van der Waals surface area (Å²) >= 11 is 0. The fourth-order valence-corrected chi connectivity index (χ4v) is 0.766. The van der Waals surface area contributed by atoms with Crippen LogP contribution in [0.1, 0.15) is 6.92 Å². The van der Waals surface area contributed by atoms with Gasteiger partial charge in [0.1, 0.15) is 6.54 Å². The van der Waals surface area contributed by atoms with Crippen LogP contribution in [0.5, 0.6) is 0 Å². The van der Waals surface area contributed by atoms with Crippen molar-refractivity contribution in [3.05, 3.63) is 0 Å². The maximum atomic E-state index is 10.9. The monoisotopic (exact) mass is 169 g/mol. The standard InChI is InChI=1S/C6H11N5O/c1-4-9-3-8-2-5(12)11-6(7)10-4/h3-4H,2H2,1H3,(H,8,9)(H3,7,10,11,12). The Hall–Kier alpha value is -1.59. The van der Waals surface area contributed by atoms with E-state index in [1.807, 2.05) is 6.92 Å². The van der Waals surface area contributed by atoms with Crippen molar-refractivity contribution in [3.8, 4) is 0 Å². The van der Waals surface area contributed by atoms with Gasteiger partial charge >= 0.3 is 0 Å². The van der Waals surface area contributed by atoms with Crippen LogP contribution in [0.25, 0.3) is 0 Å². The van der Waals surface area contributed by atoms with Gasteiger partial charge in [-0.1, -0.05) is 0 Å². The molecule has 12 heavy (non-hydrogen) atoms. The molecule has 0 bridgehead atoms. The molecule has 0 saturated carbocycles. The summed E-state index contributed by atoms with van der Waals surface area (Å²) in [6.07, 6.45) is 1.34. The second-order valence-electron chi connectivity index (χ2n) is 2.43. The van der Waals surface area contributed by atoms with Crippen LogP contribution >= 0.6 is 0 Å². The Labute approximate surface area is 69.9 Å². The molecule has 0 saturated heterocycles. The van der Waals surface area contributed by atoms with E-state index in [-0.39, 0.29) is 24.6 Å². The van der Waals surface area contributed by atoms with Crippen LogP contribution in [0, 0.1) is 5.41 Å². The van der Waals surface area contributed by atoms with Gasteiger partial charge < -0.3 is 10.6 Å². The highest BCUT2D eigenvalue weighted by Crippen LogP contribution is 1.77. The van der Waals surface area contributed by atoms with E-state index in [1.54, 1.807) is 0 Å². The summed E-state index contributed by atoms with van der Waals surface area (Å²) in [6, 6.07) is 0. The van der Waals surface area contributed by atoms with Gasteiger partial charge in [-0.15, -0.1) is 0 Å². The zero-order valence-corrected chi connectivity index (χ0v) is 6.72. The highest BCUT2D eigenvalue weighted by molar-refractivity contribution is 5.97. The topological polar surface area (TPSA) is 89.4 Å². The summed E-state index contributed by atoms with van der Waals surface area (Å²) in [6.45, 7) is 1.86. The average Bonchev–Trinajstić information content (AvgIpc) is 2.01. The Kier molecular flexibility index (Phi) is 2.62. The second kappa shape index (κ2) is 3.70. The third-order valence-corrected chi connectivity index (χ3v) is 1.28. The van der Waals surface area contributed by atoms with Crippen LogP contribution in [-0.4, -0.2) is 30.9 Å². The van der Waals surface area contributed by atoms with Crippen LogP contribution < -0.4 is 16.0 Å². The van der Waals surface area contributed by atoms with Crippen LogP contribution in [0.2, 0.25) is 0 Å². The molecule has 1 atom stereocenters. The van der Waals surface area contributed by atoms with Gasteiger partial charge in [0.05, 0.1) is 12.5 Å². The number of nitrogens with one attached hydrogen (secondary N) is 4. The molecule has 0 spiro atoms. The van der Waals surface area contributed by atoms with Crippen LogP contribution in [0.15, 0.2) is 4.99 Å². The minimum absolute atomic E-state index is 0.00880. The summed E-state index contributed by atoms with van der Waals surface area (Å²) in [5.41, 5.74) is 0. The smallest absolute Gasteiger partial charge is 0.248 e. The lowest BCUT2D eigenvalue weighted by molar-refractivity contribution is -0.118. The Morgan fingerprint density at radius 2 is 2.50 bits per heavy atom. The van der Waals surface area contributed by atoms with Crippen molar-refractivity contribution in [2.45, 2.75) is 13.1 Å². The molecule has 1 rings (SSSR count). The molecule has 1 amide bonds. The molecule has 0 aliphatic carbocycles. The molecule has 0 aromatic heterocycles. The number of hydrogen-bond donors (Lipinski definition) is 4. The van der Waals surface area contributed by atoms with Crippen molar-refractivity contribution < 1.29 is 4.79 Å². The minimum Gasteiger partial charge on any atom is -0.357 e. The molecule has 0 aromatic carbocycles. The van der Waals surface area contributed by atoms with E-state index in [0.717, 1.165) is 0 Å². The maximum Gasteiger partial charge on any atom is 0.248 e. The minimum atomic E-state index is -0.292. The van der Waals surface area contributed by atoms with Crippen molar-refractivity contribution in [3.63, 3.8) is 0 Å². The second-order valence-corrected chi connectivity index (χ2v) is 2.43. The fourth-order valence-electron chi connectivity index (χ4n) is 0.766. The Morgan fingerprint density at radius 3 is 3.25 bits per heavy atom. The van der Waals surface area contributed by atoms with E-state index in [1.165, 1.54) is 6.34 Å². The molecule has 1 aliphatic heterocycles. The Morgan fingerprint density at radius 1 is 1.75 bits per heavy atom. The first-order valence-electron chi connectivity index (χ1n) is 3.58. The molecule has 1 unspecified atom stereocenters. The lowest BCUT2D eigenvalue weighted by Gasteiger charge is -2.13. The normalized spacial score (nSPS) is 24.2. The number of rotatable bonds is 0. The summed E-state index contributed by atoms with van der Waals surface area (Å²) in [4.78, 5) is 14.6.